The Hall–Kier alpha value is -0.400. The van der Waals surface area contributed by atoms with E-state index in [2.05, 4.69) is 0 Å². The van der Waals surface area contributed by atoms with Gasteiger partial charge in [-0.15, -0.1) is 0 Å². The van der Waals surface area contributed by atoms with Gasteiger partial charge in [0.2, 0.25) is 0 Å². The van der Waals surface area contributed by atoms with E-state index in [4.69, 9.17) is 0 Å². The zero-order valence-electron chi connectivity index (χ0n) is 6.96. The molecule has 10 heavy (non-hydrogen) atoms. The van der Waals surface area contributed by atoms with Gasteiger partial charge in [-0.3, -0.25) is 0 Å². The molecule has 0 aromatic carbocycles. The van der Waals surface area contributed by atoms with Gasteiger partial charge in [-0.2, -0.15) is 0 Å². The highest BCUT2D eigenvalue weighted by Crippen LogP contribution is 2.30. The van der Waals surface area contributed by atoms with Crippen molar-refractivity contribution in [1.82, 2.24) is 0 Å². The van der Waals surface area contributed by atoms with Gasteiger partial charge in [0.25, 0.3) is 0 Å². The molecule has 0 unspecified atom stereocenters. The van der Waals surface area contributed by atoms with Crippen molar-refractivity contribution in [3.63, 3.8) is 0 Å². The van der Waals surface area contributed by atoms with Gasteiger partial charge in [0.1, 0.15) is 11.7 Å². The summed E-state index contributed by atoms with van der Waals surface area (Å²) in [6.07, 6.45) is 0.142. The van der Waals surface area contributed by atoms with Crippen LogP contribution in [0.5, 0.6) is 0 Å². The molecule has 0 spiro atoms. The Morgan fingerprint density at radius 3 is 1.70 bits per heavy atom. The monoisotopic (exact) mass is 148 g/mol. The van der Waals surface area contributed by atoms with Crippen LogP contribution in [0.15, 0.2) is 11.7 Å². The topological polar surface area (TPSA) is 0 Å². The molecule has 0 saturated heterocycles. The van der Waals surface area contributed by atoms with E-state index < -0.39 is 17.1 Å². The lowest BCUT2D eigenvalue weighted by Crippen LogP contribution is -2.06. The first-order valence-electron chi connectivity index (χ1n) is 3.44. The molecule has 0 N–H and O–H groups in total. The maximum Gasteiger partial charge on any atom is 0.137 e. The molecule has 60 valence electrons. The third-order valence-corrected chi connectivity index (χ3v) is 1.21. The fourth-order valence-corrected chi connectivity index (χ4v) is 0.562. The molecule has 0 amide bonds. The van der Waals surface area contributed by atoms with Crippen LogP contribution in [-0.2, 0) is 0 Å². The maximum absolute atomic E-state index is 12.8. The summed E-state index contributed by atoms with van der Waals surface area (Å²) < 4.78 is 25.3. The van der Waals surface area contributed by atoms with Crippen LogP contribution < -0.4 is 0 Å². The Bertz CT molecular complexity index is 140. The van der Waals surface area contributed by atoms with Gasteiger partial charge in [0.05, 0.1) is 0 Å². The van der Waals surface area contributed by atoms with Crippen molar-refractivity contribution in [3.8, 4) is 0 Å². The molecule has 0 radical (unpaired) electrons. The zero-order chi connectivity index (χ0) is 8.36. The van der Waals surface area contributed by atoms with E-state index in [1.807, 2.05) is 0 Å². The molecule has 0 aromatic rings. The molecule has 0 nitrogen and oxygen atoms in total. The van der Waals surface area contributed by atoms with E-state index in [1.54, 1.807) is 27.7 Å². The average molecular weight is 148 g/mol. The van der Waals surface area contributed by atoms with Crippen molar-refractivity contribution in [2.45, 2.75) is 34.1 Å². The summed E-state index contributed by atoms with van der Waals surface area (Å²) in [6, 6.07) is 0. The molecule has 0 aliphatic heterocycles. The quantitative estimate of drug-likeness (QED) is 0.533. The highest BCUT2D eigenvalue weighted by Gasteiger charge is 2.20. The Labute approximate surface area is 60.9 Å². The highest BCUT2D eigenvalue weighted by molar-refractivity contribution is 5.06. The lowest BCUT2D eigenvalue weighted by atomic mass is 9.94. The summed E-state index contributed by atoms with van der Waals surface area (Å²) in [5.41, 5.74) is -0.680. The van der Waals surface area contributed by atoms with Crippen LogP contribution in [0.3, 0.4) is 0 Å². The Kier molecular flexibility index (Phi) is 3.00. The molecule has 0 atom stereocenters. The molecule has 0 aliphatic rings. The van der Waals surface area contributed by atoms with Gasteiger partial charge in [-0.05, 0) is 6.42 Å². The van der Waals surface area contributed by atoms with Gasteiger partial charge >= 0.3 is 0 Å². The third kappa shape index (κ3) is 2.46. The van der Waals surface area contributed by atoms with Crippen LogP contribution in [0.1, 0.15) is 34.1 Å². The fourth-order valence-electron chi connectivity index (χ4n) is 0.562. The van der Waals surface area contributed by atoms with Crippen LogP contribution in [0.4, 0.5) is 8.78 Å². The Morgan fingerprint density at radius 2 is 1.60 bits per heavy atom. The first-order valence-corrected chi connectivity index (χ1v) is 3.44. The average Bonchev–Trinajstić information content (AvgIpc) is 1.83. The predicted molar refractivity (Wildman–Crippen MR) is 39.0 cm³/mol. The molecule has 0 heterocycles. The molecule has 2 heteroatoms. The second-order valence-corrected chi connectivity index (χ2v) is 3.32. The SMILES string of the molecule is CCC(F)=C(F)C(C)(C)C. The van der Waals surface area contributed by atoms with Gasteiger partial charge < -0.3 is 0 Å². The minimum absolute atomic E-state index is 0.142. The van der Waals surface area contributed by atoms with E-state index in [-0.39, 0.29) is 6.42 Å². The van der Waals surface area contributed by atoms with Crippen molar-refractivity contribution in [2.75, 3.05) is 0 Å². The van der Waals surface area contributed by atoms with Crippen LogP contribution in [0, 0.1) is 5.41 Å². The summed E-state index contributed by atoms with van der Waals surface area (Å²) in [5.74, 6) is -1.26. The minimum atomic E-state index is -0.680. The van der Waals surface area contributed by atoms with Gasteiger partial charge in [0.15, 0.2) is 0 Å². The summed E-state index contributed by atoms with van der Waals surface area (Å²) in [7, 11) is 0. The normalized spacial score (nSPS) is 15.0. The number of hydrogen-bond donors (Lipinski definition) is 0. The number of rotatable bonds is 1. The molecule has 0 bridgehead atoms. The first kappa shape index (κ1) is 9.60. The van der Waals surface area contributed by atoms with Crippen LogP contribution in [0.25, 0.3) is 0 Å². The summed E-state index contributed by atoms with van der Waals surface area (Å²) in [4.78, 5) is 0. The fraction of sp³-hybridized carbons (Fsp3) is 0.750. The van der Waals surface area contributed by atoms with E-state index in [0.717, 1.165) is 0 Å². The molecule has 0 saturated carbocycles. The van der Waals surface area contributed by atoms with Crippen molar-refractivity contribution in [2.24, 2.45) is 5.41 Å². The summed E-state index contributed by atoms with van der Waals surface area (Å²) in [6.45, 7) is 6.55. The number of allylic oxidation sites excluding steroid dienone is 2. The van der Waals surface area contributed by atoms with Crippen molar-refractivity contribution < 1.29 is 8.78 Å². The lowest BCUT2D eigenvalue weighted by molar-refractivity contribution is 0.350. The lowest BCUT2D eigenvalue weighted by Gasteiger charge is -2.15. The zero-order valence-corrected chi connectivity index (χ0v) is 6.96. The van der Waals surface area contributed by atoms with E-state index in [0.29, 0.717) is 0 Å². The summed E-state index contributed by atoms with van der Waals surface area (Å²) in [5, 5.41) is 0. The third-order valence-electron chi connectivity index (χ3n) is 1.21. The molecular weight excluding hydrogens is 134 g/mol. The van der Waals surface area contributed by atoms with Crippen LogP contribution in [0.2, 0.25) is 0 Å². The van der Waals surface area contributed by atoms with Crippen molar-refractivity contribution in [3.05, 3.63) is 11.7 Å². The van der Waals surface area contributed by atoms with E-state index in [1.165, 1.54) is 0 Å². The minimum Gasteiger partial charge on any atom is -0.209 e. The van der Waals surface area contributed by atoms with E-state index in [9.17, 15) is 8.78 Å². The van der Waals surface area contributed by atoms with Crippen LogP contribution >= 0.6 is 0 Å². The number of hydrogen-bond acceptors (Lipinski definition) is 0. The highest BCUT2D eigenvalue weighted by atomic mass is 19.2. The maximum atomic E-state index is 12.8. The van der Waals surface area contributed by atoms with Gasteiger partial charge in [0, 0.05) is 5.41 Å². The molecule has 0 aliphatic carbocycles. The molecule has 0 rings (SSSR count). The smallest absolute Gasteiger partial charge is 0.137 e. The predicted octanol–water partition coefficient (Wildman–Crippen LogP) is 3.59. The van der Waals surface area contributed by atoms with Gasteiger partial charge in [-0.1, -0.05) is 27.7 Å². The van der Waals surface area contributed by atoms with Crippen molar-refractivity contribution >= 4 is 0 Å². The summed E-state index contributed by atoms with van der Waals surface area (Å²) >= 11 is 0. The standard InChI is InChI=1S/C8H14F2/c1-5-6(9)7(10)8(2,3)4/h5H2,1-4H3. The van der Waals surface area contributed by atoms with Crippen molar-refractivity contribution in [1.29, 1.82) is 0 Å². The van der Waals surface area contributed by atoms with E-state index >= 15 is 0 Å². The Morgan fingerprint density at radius 1 is 1.20 bits per heavy atom. The molecule has 0 fully saturated rings. The number of halogens is 2. The molecular formula is C8H14F2. The first-order chi connectivity index (χ1) is 4.39. The second-order valence-electron chi connectivity index (χ2n) is 3.32. The Balaban J connectivity index is 4.47. The van der Waals surface area contributed by atoms with Gasteiger partial charge in [-0.25, -0.2) is 8.78 Å². The van der Waals surface area contributed by atoms with Crippen LogP contribution in [-0.4, -0.2) is 0 Å². The largest absolute Gasteiger partial charge is 0.209 e. The second kappa shape index (κ2) is 3.13. The molecule has 0 aromatic heterocycles.